The van der Waals surface area contributed by atoms with Crippen LogP contribution in [0.2, 0.25) is 0 Å². The lowest BCUT2D eigenvalue weighted by Gasteiger charge is -2.37. The number of benzene rings is 2. The molecule has 7 rings (SSSR count). The highest BCUT2D eigenvalue weighted by Crippen LogP contribution is 2.65. The highest BCUT2D eigenvalue weighted by atomic mass is 16.5. The molecule has 6 nitrogen and oxygen atoms in total. The first-order chi connectivity index (χ1) is 15.6. The molecule has 1 heterocycles. The van der Waals surface area contributed by atoms with Gasteiger partial charge in [-0.1, -0.05) is 30.4 Å². The van der Waals surface area contributed by atoms with Crippen molar-refractivity contribution >= 4 is 23.3 Å². The summed E-state index contributed by atoms with van der Waals surface area (Å²) in [5.41, 5.74) is 1.00. The summed E-state index contributed by atoms with van der Waals surface area (Å²) < 4.78 is 10.9. The molecule has 2 amide bonds. The van der Waals surface area contributed by atoms with E-state index in [9.17, 15) is 14.4 Å². The van der Waals surface area contributed by atoms with Gasteiger partial charge in [0, 0.05) is 11.6 Å². The topological polar surface area (TPSA) is 72.9 Å². The number of amides is 2. The predicted octanol–water partition coefficient (Wildman–Crippen LogP) is 3.51. The predicted molar refractivity (Wildman–Crippen MR) is 116 cm³/mol. The van der Waals surface area contributed by atoms with Crippen molar-refractivity contribution in [2.75, 3.05) is 18.6 Å². The number of hydrogen-bond acceptors (Lipinski definition) is 5. The van der Waals surface area contributed by atoms with E-state index in [4.69, 9.17) is 9.47 Å². The molecule has 5 aliphatic rings. The monoisotopic (exact) mass is 429 g/mol. The van der Waals surface area contributed by atoms with Gasteiger partial charge >= 0.3 is 0 Å². The number of Topliss-reactive ketones (excluding diaryl/α,β-unsaturated/α-hetero) is 1. The van der Waals surface area contributed by atoms with Crippen LogP contribution in [0.5, 0.6) is 11.5 Å². The lowest BCUT2D eigenvalue weighted by Crippen LogP contribution is -2.40. The molecule has 0 unspecified atom stereocenters. The Bertz CT molecular complexity index is 1130. The third kappa shape index (κ3) is 2.82. The normalized spacial score (nSPS) is 31.3. The summed E-state index contributed by atoms with van der Waals surface area (Å²) in [6.45, 7) is -0.152. The van der Waals surface area contributed by atoms with Gasteiger partial charge in [-0.2, -0.15) is 0 Å². The summed E-state index contributed by atoms with van der Waals surface area (Å²) in [4.78, 5) is 40.4. The third-order valence-electron chi connectivity index (χ3n) is 7.50. The number of nitrogens with zero attached hydrogens (tertiary/aromatic N) is 1. The van der Waals surface area contributed by atoms with Gasteiger partial charge in [0.2, 0.25) is 11.8 Å². The molecule has 3 fully saturated rings. The molecule has 4 aliphatic carbocycles. The Hall–Kier alpha value is -3.41. The molecule has 1 aliphatic heterocycles. The number of carbonyl (C=O) groups excluding carboxylic acids is 3. The molecule has 2 aromatic carbocycles. The SMILES string of the molecule is COc1cccc(C(=O)COc2cccc(N3C(=O)[C@@H]4[C@H]5C=C[C@@H]([C@@H]6C[C@H]56)[C@@H]4C3=O)c2)c1. The van der Waals surface area contributed by atoms with Gasteiger partial charge in [0.15, 0.2) is 12.4 Å². The van der Waals surface area contributed by atoms with Crippen LogP contribution in [0.25, 0.3) is 0 Å². The van der Waals surface area contributed by atoms with Crippen LogP contribution in [0.1, 0.15) is 16.8 Å². The molecule has 32 heavy (non-hydrogen) atoms. The molecule has 6 heteroatoms. The van der Waals surface area contributed by atoms with Gasteiger partial charge < -0.3 is 9.47 Å². The molecule has 2 saturated carbocycles. The van der Waals surface area contributed by atoms with Gasteiger partial charge in [-0.3, -0.25) is 14.4 Å². The van der Waals surface area contributed by atoms with Crippen molar-refractivity contribution in [3.63, 3.8) is 0 Å². The zero-order valence-electron chi connectivity index (χ0n) is 17.6. The van der Waals surface area contributed by atoms with Crippen molar-refractivity contribution < 1.29 is 23.9 Å². The molecule has 0 N–H and O–H groups in total. The summed E-state index contributed by atoms with van der Waals surface area (Å²) in [5, 5.41) is 0. The van der Waals surface area contributed by atoms with Crippen molar-refractivity contribution in [1.29, 1.82) is 0 Å². The number of imide groups is 1. The van der Waals surface area contributed by atoms with Crippen molar-refractivity contribution in [1.82, 2.24) is 0 Å². The van der Waals surface area contributed by atoms with Crippen LogP contribution in [0.15, 0.2) is 60.7 Å². The van der Waals surface area contributed by atoms with Crippen LogP contribution in [0.4, 0.5) is 5.69 Å². The Balaban J connectivity index is 1.20. The van der Waals surface area contributed by atoms with Gasteiger partial charge in [-0.25, -0.2) is 4.90 Å². The molecule has 2 aromatic rings. The minimum absolute atomic E-state index is 0.102. The molecule has 2 bridgehead atoms. The molecule has 0 aromatic heterocycles. The maximum Gasteiger partial charge on any atom is 0.238 e. The quantitative estimate of drug-likeness (QED) is 0.399. The van der Waals surface area contributed by atoms with E-state index < -0.39 is 0 Å². The lowest BCUT2D eigenvalue weighted by molar-refractivity contribution is -0.124. The molecular formula is C26H23NO5. The minimum atomic E-state index is -0.236. The zero-order chi connectivity index (χ0) is 22.0. The molecule has 1 saturated heterocycles. The van der Waals surface area contributed by atoms with Gasteiger partial charge in [-0.15, -0.1) is 0 Å². The molecule has 0 spiro atoms. The van der Waals surface area contributed by atoms with E-state index in [2.05, 4.69) is 12.2 Å². The van der Waals surface area contributed by atoms with Gasteiger partial charge in [0.05, 0.1) is 24.6 Å². The number of allylic oxidation sites excluding steroid dienone is 2. The Morgan fingerprint density at radius 2 is 1.59 bits per heavy atom. The van der Waals surface area contributed by atoms with Crippen molar-refractivity contribution in [3.05, 3.63) is 66.2 Å². The fourth-order valence-electron chi connectivity index (χ4n) is 5.95. The molecule has 162 valence electrons. The third-order valence-corrected chi connectivity index (χ3v) is 7.50. The van der Waals surface area contributed by atoms with E-state index in [1.165, 1.54) is 4.90 Å². The highest BCUT2D eigenvalue weighted by molar-refractivity contribution is 6.22. The number of carbonyl (C=O) groups is 3. The number of anilines is 1. The number of methoxy groups -OCH3 is 1. The van der Waals surface area contributed by atoms with Gasteiger partial charge in [-0.05, 0) is 54.4 Å². The average molecular weight is 429 g/mol. The van der Waals surface area contributed by atoms with Crippen molar-refractivity contribution in [3.8, 4) is 11.5 Å². The van der Waals surface area contributed by atoms with Gasteiger partial charge in [0.1, 0.15) is 11.5 Å². The Kier molecular flexibility index (Phi) is 4.25. The zero-order valence-corrected chi connectivity index (χ0v) is 17.6. The summed E-state index contributed by atoms with van der Waals surface area (Å²) in [5.74, 6) is 1.71. The number of ketones is 1. The molecular weight excluding hydrogens is 406 g/mol. The van der Waals surface area contributed by atoms with E-state index >= 15 is 0 Å². The standard InChI is InChI=1S/C26H23NO5/c1-31-16-6-2-4-14(10-16)22(28)13-32-17-7-3-5-15(11-17)27-25(29)23-18-8-9-19(21-12-20(18)21)24(23)26(27)30/h2-11,18-21,23-24H,12-13H2,1H3/t18-,19-,20-,21+,23-,24+/m0/s1. The first-order valence-electron chi connectivity index (χ1n) is 11.0. The number of rotatable bonds is 6. The summed E-state index contributed by atoms with van der Waals surface area (Å²) in [6, 6.07) is 13.8. The second kappa shape index (κ2) is 7.05. The Morgan fingerprint density at radius 1 is 0.938 bits per heavy atom. The van der Waals surface area contributed by atoms with Crippen LogP contribution >= 0.6 is 0 Å². The average Bonchev–Trinajstić information content (AvgIpc) is 3.61. The van der Waals surface area contributed by atoms with Gasteiger partial charge in [0.25, 0.3) is 0 Å². The first kappa shape index (κ1) is 19.3. The van der Waals surface area contributed by atoms with Crippen LogP contribution in [0, 0.1) is 35.5 Å². The molecule has 0 radical (unpaired) electrons. The second-order valence-corrected chi connectivity index (χ2v) is 9.11. The number of hydrogen-bond donors (Lipinski definition) is 0. The van der Waals surface area contributed by atoms with E-state index in [0.29, 0.717) is 34.6 Å². The van der Waals surface area contributed by atoms with Crippen molar-refractivity contribution in [2.45, 2.75) is 6.42 Å². The molecule has 6 atom stereocenters. The van der Waals surface area contributed by atoms with E-state index in [0.717, 1.165) is 6.42 Å². The Morgan fingerprint density at radius 3 is 2.28 bits per heavy atom. The highest BCUT2D eigenvalue weighted by Gasteiger charge is 2.67. The fourth-order valence-corrected chi connectivity index (χ4v) is 5.95. The van der Waals surface area contributed by atoms with E-state index in [-0.39, 0.29) is 47.9 Å². The summed E-state index contributed by atoms with van der Waals surface area (Å²) in [6.07, 6.45) is 5.47. The lowest BCUT2D eigenvalue weighted by atomic mass is 9.63. The second-order valence-electron chi connectivity index (χ2n) is 9.11. The minimum Gasteiger partial charge on any atom is -0.497 e. The van der Waals surface area contributed by atoms with Crippen LogP contribution in [0.3, 0.4) is 0 Å². The maximum absolute atomic E-state index is 13.3. The summed E-state index contributed by atoms with van der Waals surface area (Å²) >= 11 is 0. The van der Waals surface area contributed by atoms with Crippen molar-refractivity contribution in [2.24, 2.45) is 35.5 Å². The summed E-state index contributed by atoms with van der Waals surface area (Å²) in [7, 11) is 1.55. The smallest absolute Gasteiger partial charge is 0.238 e. The largest absolute Gasteiger partial charge is 0.497 e. The van der Waals surface area contributed by atoms with Crippen LogP contribution in [-0.4, -0.2) is 31.3 Å². The fraction of sp³-hybridized carbons (Fsp3) is 0.346. The first-order valence-corrected chi connectivity index (χ1v) is 11.0. The van der Waals surface area contributed by atoms with Crippen LogP contribution < -0.4 is 14.4 Å². The van der Waals surface area contributed by atoms with E-state index in [1.807, 2.05) is 0 Å². The number of ether oxygens (including phenoxy) is 2. The van der Waals surface area contributed by atoms with E-state index in [1.54, 1.807) is 55.6 Å². The Labute approximate surface area is 185 Å². The maximum atomic E-state index is 13.3. The van der Waals surface area contributed by atoms with Crippen LogP contribution in [-0.2, 0) is 9.59 Å².